The number of nitrogens with two attached hydrogens (primary N) is 1. The lowest BCUT2D eigenvalue weighted by molar-refractivity contribution is 0.527. The molecule has 0 fully saturated rings. The predicted molar refractivity (Wildman–Crippen MR) is 47.7 cm³/mol. The molecule has 2 N–H and O–H groups in total. The molecule has 1 aromatic rings. The minimum atomic E-state index is 0.302. The van der Waals surface area contributed by atoms with Crippen molar-refractivity contribution in [3.05, 3.63) is 17.7 Å². The summed E-state index contributed by atoms with van der Waals surface area (Å²) in [6.45, 7) is 11.8. The minimum absolute atomic E-state index is 0.302. The number of hydrogen-bond donors (Lipinski definition) is 1. The number of nitrogen functional groups attached to an aromatic ring is 1. The summed E-state index contributed by atoms with van der Waals surface area (Å²) in [6, 6.07) is 0. The van der Waals surface area contributed by atoms with E-state index in [-0.39, 0.29) is 0 Å². The molecule has 1 aromatic heterocycles. The number of hydrogen-bond acceptors (Lipinski definition) is 2. The molecule has 0 aliphatic heterocycles. The van der Waals surface area contributed by atoms with Crippen LogP contribution < -0.4 is 5.73 Å². The van der Waals surface area contributed by atoms with Gasteiger partial charge in [0.2, 0.25) is 0 Å². The van der Waals surface area contributed by atoms with E-state index < -0.39 is 0 Å². The molecule has 0 aromatic carbocycles. The summed E-state index contributed by atoms with van der Waals surface area (Å²) >= 11 is 0. The highest BCUT2D eigenvalue weighted by molar-refractivity contribution is 5.57. The van der Waals surface area contributed by atoms with E-state index in [1.54, 1.807) is 10.9 Å². The molecule has 1 heterocycles. The van der Waals surface area contributed by atoms with Gasteiger partial charge in [0, 0.05) is 6.54 Å². The van der Waals surface area contributed by atoms with Crippen molar-refractivity contribution in [1.29, 1.82) is 0 Å². The summed E-state index contributed by atoms with van der Waals surface area (Å²) in [5.74, 6) is 1.29. The number of imidazole rings is 1. The third-order valence-electron chi connectivity index (χ3n) is 1.53. The maximum absolute atomic E-state index is 6.75. The Labute approximate surface area is 71.8 Å². The molecule has 0 unspecified atom stereocenters. The summed E-state index contributed by atoms with van der Waals surface area (Å²) in [4.78, 5) is 7.06. The fraction of sp³-hybridized carbons (Fsp3) is 0.500. The number of nitrogens with zero attached hydrogens (tertiary/aromatic N) is 3. The van der Waals surface area contributed by atoms with Gasteiger partial charge in [-0.15, -0.1) is 4.98 Å². The first-order valence-corrected chi connectivity index (χ1v) is 3.83. The summed E-state index contributed by atoms with van der Waals surface area (Å²) in [5, 5.41) is 0. The van der Waals surface area contributed by atoms with E-state index >= 15 is 0 Å². The Morgan fingerprint density at radius 2 is 2.42 bits per heavy atom. The summed E-state index contributed by atoms with van der Waals surface area (Å²) in [7, 11) is 0. The molecule has 0 radical (unpaired) electrons. The molecule has 0 saturated heterocycles. The highest BCUT2D eigenvalue weighted by Crippen LogP contribution is 2.19. The van der Waals surface area contributed by atoms with Gasteiger partial charge in [-0.2, -0.15) is 0 Å². The molecule has 0 atom stereocenters. The molecule has 4 nitrogen and oxygen atoms in total. The zero-order valence-corrected chi connectivity index (χ0v) is 7.28. The highest BCUT2D eigenvalue weighted by atomic mass is 15.1. The lowest BCUT2D eigenvalue weighted by Crippen LogP contribution is -2.06. The van der Waals surface area contributed by atoms with Gasteiger partial charge in [-0.1, -0.05) is 20.4 Å². The van der Waals surface area contributed by atoms with Crippen LogP contribution in [0.2, 0.25) is 0 Å². The average Bonchev–Trinajstić information content (AvgIpc) is 2.32. The second-order valence-corrected chi connectivity index (χ2v) is 3.11. The van der Waals surface area contributed by atoms with Gasteiger partial charge < -0.3 is 15.1 Å². The quantitative estimate of drug-likeness (QED) is 0.676. The normalized spacial score (nSPS) is 10.2. The van der Waals surface area contributed by atoms with E-state index in [1.165, 1.54) is 0 Å². The molecule has 12 heavy (non-hydrogen) atoms. The Morgan fingerprint density at radius 3 is 2.83 bits per heavy atom. The summed E-state index contributed by atoms with van der Waals surface area (Å²) < 4.78 is 1.80. The molecule has 0 amide bonds. The van der Waals surface area contributed by atoms with Crippen molar-refractivity contribution >= 4 is 11.6 Å². The predicted octanol–water partition coefficient (Wildman–Crippen LogP) is 1.67. The molecule has 0 saturated carbocycles. The van der Waals surface area contributed by atoms with E-state index in [0.717, 1.165) is 6.54 Å². The SMILES string of the molecule is [C-]#[N+]c1ncn(CC(C)C)c1N. The maximum Gasteiger partial charge on any atom is 0.311 e. The van der Waals surface area contributed by atoms with E-state index in [1.807, 2.05) is 0 Å². The Morgan fingerprint density at radius 1 is 1.75 bits per heavy atom. The van der Waals surface area contributed by atoms with E-state index in [4.69, 9.17) is 12.3 Å². The topological polar surface area (TPSA) is 48.2 Å². The van der Waals surface area contributed by atoms with Gasteiger partial charge in [0.1, 0.15) is 5.82 Å². The Bertz CT molecular complexity index is 305. The van der Waals surface area contributed by atoms with Crippen LogP contribution in [0, 0.1) is 12.5 Å². The standard InChI is InChI=1S/C8H12N4/c1-6(2)4-12-5-11-8(10-3)7(12)9/h5-6H,4,9H2,1-2H3. The van der Waals surface area contributed by atoms with Crippen LogP contribution in [0.1, 0.15) is 13.8 Å². The number of aromatic nitrogens is 2. The van der Waals surface area contributed by atoms with Crippen LogP contribution in [-0.4, -0.2) is 9.55 Å². The first kappa shape index (κ1) is 8.60. The van der Waals surface area contributed by atoms with Crippen LogP contribution in [-0.2, 0) is 6.54 Å². The smallest absolute Gasteiger partial charge is 0.311 e. The van der Waals surface area contributed by atoms with Gasteiger partial charge in [-0.3, -0.25) is 0 Å². The minimum Gasteiger partial charge on any atom is -0.392 e. The van der Waals surface area contributed by atoms with Gasteiger partial charge in [-0.05, 0) is 5.92 Å². The van der Waals surface area contributed by atoms with Crippen LogP contribution in [0.4, 0.5) is 11.6 Å². The summed E-state index contributed by atoms with van der Waals surface area (Å²) in [6.07, 6.45) is 1.61. The molecular weight excluding hydrogens is 152 g/mol. The maximum atomic E-state index is 6.75. The van der Waals surface area contributed by atoms with E-state index in [0.29, 0.717) is 17.6 Å². The number of anilines is 1. The van der Waals surface area contributed by atoms with Gasteiger partial charge in [0.25, 0.3) is 0 Å². The first-order valence-electron chi connectivity index (χ1n) is 3.83. The van der Waals surface area contributed by atoms with Crippen molar-refractivity contribution in [3.8, 4) is 0 Å². The highest BCUT2D eigenvalue weighted by Gasteiger charge is 2.08. The van der Waals surface area contributed by atoms with Gasteiger partial charge >= 0.3 is 5.82 Å². The molecule has 0 bridgehead atoms. The van der Waals surface area contributed by atoms with Crippen molar-refractivity contribution in [2.24, 2.45) is 5.92 Å². The molecule has 0 spiro atoms. The largest absolute Gasteiger partial charge is 0.392 e. The zero-order chi connectivity index (χ0) is 9.14. The zero-order valence-electron chi connectivity index (χ0n) is 7.28. The van der Waals surface area contributed by atoms with Gasteiger partial charge in [0.15, 0.2) is 6.33 Å². The van der Waals surface area contributed by atoms with Crippen LogP contribution in [0.25, 0.3) is 4.85 Å². The summed E-state index contributed by atoms with van der Waals surface area (Å²) in [5.41, 5.74) is 5.65. The van der Waals surface area contributed by atoms with Crippen molar-refractivity contribution < 1.29 is 0 Å². The second-order valence-electron chi connectivity index (χ2n) is 3.11. The molecule has 0 aliphatic carbocycles. The third-order valence-corrected chi connectivity index (χ3v) is 1.53. The fourth-order valence-electron chi connectivity index (χ4n) is 1.01. The number of rotatable bonds is 2. The molecule has 64 valence electrons. The van der Waals surface area contributed by atoms with Gasteiger partial charge in [-0.25, -0.2) is 0 Å². The fourth-order valence-corrected chi connectivity index (χ4v) is 1.01. The van der Waals surface area contributed by atoms with Crippen LogP contribution in [0.3, 0.4) is 0 Å². The van der Waals surface area contributed by atoms with Crippen molar-refractivity contribution in [3.63, 3.8) is 0 Å². The van der Waals surface area contributed by atoms with Crippen LogP contribution in [0.5, 0.6) is 0 Å². The van der Waals surface area contributed by atoms with Crippen LogP contribution in [0.15, 0.2) is 6.33 Å². The Hall–Kier alpha value is -1.50. The Kier molecular flexibility index (Phi) is 2.34. The van der Waals surface area contributed by atoms with Crippen molar-refractivity contribution in [1.82, 2.24) is 9.55 Å². The lowest BCUT2D eigenvalue weighted by atomic mass is 10.2. The molecule has 1 rings (SSSR count). The first-order chi connectivity index (χ1) is 5.65. The Balaban J connectivity index is 2.89. The van der Waals surface area contributed by atoms with Gasteiger partial charge in [0.05, 0.1) is 0 Å². The average molecular weight is 164 g/mol. The van der Waals surface area contributed by atoms with E-state index in [9.17, 15) is 0 Å². The van der Waals surface area contributed by atoms with Crippen molar-refractivity contribution in [2.45, 2.75) is 20.4 Å². The lowest BCUT2D eigenvalue weighted by Gasteiger charge is -2.06. The molecular formula is C8H12N4. The molecule has 0 aliphatic rings. The van der Waals surface area contributed by atoms with Crippen LogP contribution >= 0.6 is 0 Å². The molecule has 4 heteroatoms. The monoisotopic (exact) mass is 164 g/mol. The third kappa shape index (κ3) is 1.56. The van der Waals surface area contributed by atoms with Crippen molar-refractivity contribution in [2.75, 3.05) is 5.73 Å². The van der Waals surface area contributed by atoms with E-state index in [2.05, 4.69) is 23.7 Å². The second kappa shape index (κ2) is 3.26.